The maximum Gasteiger partial charge on any atom is 0.191 e. The Labute approximate surface area is 175 Å². The maximum atomic E-state index is 6.31. The van der Waals surface area contributed by atoms with Crippen LogP contribution in [0.1, 0.15) is 36.9 Å². The molecular formula is C20H33IN4O. The van der Waals surface area contributed by atoms with E-state index >= 15 is 0 Å². The van der Waals surface area contributed by atoms with Crippen molar-refractivity contribution >= 4 is 29.9 Å². The Kier molecular flexibility index (Phi) is 8.63. The average Bonchev–Trinajstić information content (AvgIpc) is 2.63. The lowest BCUT2D eigenvalue weighted by atomic mass is 9.99. The van der Waals surface area contributed by atoms with Crippen LogP contribution in [-0.4, -0.2) is 61.7 Å². The summed E-state index contributed by atoms with van der Waals surface area (Å²) in [5.74, 6) is 1.51. The molecule has 0 aliphatic carbocycles. The third-order valence-electron chi connectivity index (χ3n) is 5.45. The van der Waals surface area contributed by atoms with Gasteiger partial charge in [-0.2, -0.15) is 0 Å². The summed E-state index contributed by atoms with van der Waals surface area (Å²) in [5.41, 5.74) is 8.93. The van der Waals surface area contributed by atoms with E-state index in [9.17, 15) is 0 Å². The van der Waals surface area contributed by atoms with E-state index in [1.807, 2.05) is 0 Å². The molecule has 1 atom stereocenters. The third-order valence-corrected chi connectivity index (χ3v) is 5.45. The molecule has 0 spiro atoms. The number of rotatable bonds is 4. The van der Waals surface area contributed by atoms with Crippen LogP contribution >= 0.6 is 24.0 Å². The number of aliphatic imine (C=N–C) groups is 1. The molecule has 26 heavy (non-hydrogen) atoms. The zero-order valence-corrected chi connectivity index (χ0v) is 18.4. The Bertz CT molecular complexity index is 581. The maximum absolute atomic E-state index is 6.31. The van der Waals surface area contributed by atoms with E-state index in [1.54, 1.807) is 0 Å². The molecule has 0 amide bonds. The van der Waals surface area contributed by atoms with Gasteiger partial charge in [-0.3, -0.25) is 9.89 Å². The van der Waals surface area contributed by atoms with Crippen LogP contribution in [0.25, 0.3) is 0 Å². The largest absolute Gasteiger partial charge is 0.379 e. The number of nitrogens with two attached hydrogens (primary N) is 1. The first-order valence-corrected chi connectivity index (χ1v) is 9.56. The van der Waals surface area contributed by atoms with E-state index in [0.717, 1.165) is 45.3 Å². The van der Waals surface area contributed by atoms with Crippen molar-refractivity contribution in [3.8, 4) is 0 Å². The van der Waals surface area contributed by atoms with E-state index in [4.69, 9.17) is 15.5 Å². The summed E-state index contributed by atoms with van der Waals surface area (Å²) in [6.07, 6.45) is 2.42. The van der Waals surface area contributed by atoms with Crippen LogP contribution in [0.3, 0.4) is 0 Å². The molecule has 2 N–H and O–H groups in total. The smallest absolute Gasteiger partial charge is 0.191 e. The lowest BCUT2D eigenvalue weighted by Crippen LogP contribution is -2.44. The van der Waals surface area contributed by atoms with E-state index in [0.29, 0.717) is 12.5 Å². The van der Waals surface area contributed by atoms with Gasteiger partial charge in [0, 0.05) is 26.2 Å². The molecule has 1 aromatic carbocycles. The number of nitrogens with zero attached hydrogens (tertiary/aromatic N) is 3. The zero-order valence-electron chi connectivity index (χ0n) is 16.1. The van der Waals surface area contributed by atoms with Crippen molar-refractivity contribution in [3.05, 3.63) is 35.4 Å². The topological polar surface area (TPSA) is 54.1 Å². The number of hydrogen-bond donors (Lipinski definition) is 1. The number of halogens is 1. The second-order valence-electron chi connectivity index (χ2n) is 7.45. The van der Waals surface area contributed by atoms with Crippen molar-refractivity contribution < 1.29 is 4.74 Å². The van der Waals surface area contributed by atoms with E-state index in [1.165, 1.54) is 24.0 Å². The Balaban J connectivity index is 0.00000243. The summed E-state index contributed by atoms with van der Waals surface area (Å²) in [5, 5.41) is 0. The van der Waals surface area contributed by atoms with Gasteiger partial charge in [0.25, 0.3) is 0 Å². The van der Waals surface area contributed by atoms with Crippen LogP contribution in [0, 0.1) is 12.8 Å². The SMILES string of the molecule is Cc1cccc(C(CN=C(N)N2CCC(C)CC2)N2CCOCC2)c1.I. The Morgan fingerprint density at radius 1 is 1.23 bits per heavy atom. The molecular weight excluding hydrogens is 439 g/mol. The molecule has 0 bridgehead atoms. The van der Waals surface area contributed by atoms with Crippen molar-refractivity contribution in [1.29, 1.82) is 0 Å². The highest BCUT2D eigenvalue weighted by atomic mass is 127. The lowest BCUT2D eigenvalue weighted by Gasteiger charge is -2.35. The van der Waals surface area contributed by atoms with Crippen LogP contribution in [0.5, 0.6) is 0 Å². The van der Waals surface area contributed by atoms with Crippen molar-refractivity contribution in [1.82, 2.24) is 9.80 Å². The molecule has 0 saturated carbocycles. The molecule has 146 valence electrons. The molecule has 2 aliphatic heterocycles. The lowest BCUT2D eigenvalue weighted by molar-refractivity contribution is 0.0179. The van der Waals surface area contributed by atoms with Crippen molar-refractivity contribution in [2.24, 2.45) is 16.6 Å². The van der Waals surface area contributed by atoms with E-state index in [2.05, 4.69) is 47.9 Å². The number of piperidine rings is 1. The summed E-state index contributed by atoms with van der Waals surface area (Å²) >= 11 is 0. The first-order valence-electron chi connectivity index (χ1n) is 9.56. The van der Waals surface area contributed by atoms with Crippen LogP contribution < -0.4 is 5.73 Å². The molecule has 6 heteroatoms. The summed E-state index contributed by atoms with van der Waals surface area (Å²) in [7, 11) is 0. The van der Waals surface area contributed by atoms with Gasteiger partial charge < -0.3 is 15.4 Å². The molecule has 0 aromatic heterocycles. The highest BCUT2D eigenvalue weighted by Gasteiger charge is 2.23. The van der Waals surface area contributed by atoms with Gasteiger partial charge in [-0.25, -0.2) is 0 Å². The minimum atomic E-state index is 0. The van der Waals surface area contributed by atoms with Crippen LogP contribution in [-0.2, 0) is 4.74 Å². The standard InChI is InChI=1S/C20H32N4O.HI/c1-16-6-8-24(9-7-16)20(21)22-15-19(23-10-12-25-13-11-23)18-5-3-4-17(2)14-18;/h3-5,14,16,19H,6-13,15H2,1-2H3,(H2,21,22);1H. The third kappa shape index (κ3) is 5.82. The molecule has 1 aromatic rings. The van der Waals surface area contributed by atoms with Gasteiger partial charge in [-0.05, 0) is 31.2 Å². The first kappa shape index (κ1) is 21.4. The summed E-state index contributed by atoms with van der Waals surface area (Å²) < 4.78 is 5.53. The quantitative estimate of drug-likeness (QED) is 0.416. The van der Waals surface area contributed by atoms with Gasteiger partial charge >= 0.3 is 0 Å². The van der Waals surface area contributed by atoms with E-state index in [-0.39, 0.29) is 30.0 Å². The molecule has 0 radical (unpaired) electrons. The second-order valence-corrected chi connectivity index (χ2v) is 7.45. The van der Waals surface area contributed by atoms with Gasteiger partial charge in [0.15, 0.2) is 5.96 Å². The number of morpholine rings is 1. The van der Waals surface area contributed by atoms with Gasteiger partial charge in [0.1, 0.15) is 0 Å². The van der Waals surface area contributed by atoms with Gasteiger partial charge in [0.05, 0.1) is 25.8 Å². The minimum absolute atomic E-state index is 0. The zero-order chi connectivity index (χ0) is 17.6. The normalized spacial score (nSPS) is 21.3. The second kappa shape index (κ2) is 10.5. The number of likely N-dealkylation sites (tertiary alicyclic amines) is 1. The fourth-order valence-electron chi connectivity index (χ4n) is 3.72. The molecule has 2 aliphatic rings. The Morgan fingerprint density at radius 2 is 1.92 bits per heavy atom. The predicted octanol–water partition coefficient (Wildman–Crippen LogP) is 3.03. The number of guanidine groups is 1. The number of benzene rings is 1. The highest BCUT2D eigenvalue weighted by molar-refractivity contribution is 14.0. The minimum Gasteiger partial charge on any atom is -0.379 e. The fraction of sp³-hybridized carbons (Fsp3) is 0.650. The van der Waals surface area contributed by atoms with Crippen LogP contribution in [0.15, 0.2) is 29.3 Å². The molecule has 3 rings (SSSR count). The number of aryl methyl sites for hydroxylation is 1. The molecule has 2 heterocycles. The molecule has 2 fully saturated rings. The monoisotopic (exact) mass is 472 g/mol. The first-order chi connectivity index (χ1) is 12.1. The molecule has 2 saturated heterocycles. The Morgan fingerprint density at radius 3 is 2.58 bits per heavy atom. The summed E-state index contributed by atoms with van der Waals surface area (Å²) in [4.78, 5) is 9.51. The summed E-state index contributed by atoms with van der Waals surface area (Å²) in [6, 6.07) is 9.03. The molecule has 1 unspecified atom stereocenters. The molecule has 5 nitrogen and oxygen atoms in total. The predicted molar refractivity (Wildman–Crippen MR) is 118 cm³/mol. The van der Waals surface area contributed by atoms with Crippen molar-refractivity contribution in [2.45, 2.75) is 32.7 Å². The highest BCUT2D eigenvalue weighted by Crippen LogP contribution is 2.23. The van der Waals surface area contributed by atoms with Crippen molar-refractivity contribution in [2.75, 3.05) is 45.9 Å². The van der Waals surface area contributed by atoms with Gasteiger partial charge in [-0.1, -0.05) is 36.8 Å². The van der Waals surface area contributed by atoms with E-state index < -0.39 is 0 Å². The van der Waals surface area contributed by atoms with Crippen LogP contribution in [0.4, 0.5) is 0 Å². The van der Waals surface area contributed by atoms with Crippen molar-refractivity contribution in [3.63, 3.8) is 0 Å². The number of ether oxygens (including phenoxy) is 1. The number of hydrogen-bond acceptors (Lipinski definition) is 3. The average molecular weight is 472 g/mol. The van der Waals surface area contributed by atoms with Gasteiger partial charge in [0.2, 0.25) is 0 Å². The van der Waals surface area contributed by atoms with Gasteiger partial charge in [-0.15, -0.1) is 24.0 Å². The fourth-order valence-corrected chi connectivity index (χ4v) is 3.72. The van der Waals surface area contributed by atoms with Crippen LogP contribution in [0.2, 0.25) is 0 Å². The Hall–Kier alpha value is -0.860. The summed E-state index contributed by atoms with van der Waals surface area (Å²) in [6.45, 7) is 10.7.